The molecule has 22 heavy (non-hydrogen) atoms. The summed E-state index contributed by atoms with van der Waals surface area (Å²) in [5, 5.41) is 4.65. The van der Waals surface area contributed by atoms with Crippen molar-refractivity contribution in [1.29, 1.82) is 0 Å². The first kappa shape index (κ1) is 16.0. The zero-order valence-electron chi connectivity index (χ0n) is 12.2. The minimum atomic E-state index is -0.314. The summed E-state index contributed by atoms with van der Waals surface area (Å²) in [6.45, 7) is 5.01. The van der Waals surface area contributed by atoms with E-state index in [-0.39, 0.29) is 30.5 Å². The van der Waals surface area contributed by atoms with Crippen molar-refractivity contribution in [3.05, 3.63) is 59.2 Å². The van der Waals surface area contributed by atoms with Crippen LogP contribution in [0.4, 0.5) is 0 Å². The van der Waals surface area contributed by atoms with E-state index in [1.165, 1.54) is 6.26 Å². The Labute approximate surface area is 133 Å². The minimum absolute atomic E-state index is 0.0203. The molecule has 0 spiro atoms. The maximum Gasteiger partial charge on any atom is 0.286 e. The Kier molecular flexibility index (Phi) is 5.97. The molecule has 116 valence electrons. The van der Waals surface area contributed by atoms with Gasteiger partial charge in [-0.15, -0.1) is 17.9 Å². The van der Waals surface area contributed by atoms with Gasteiger partial charge in [-0.05, 0) is 23.6 Å². The van der Waals surface area contributed by atoms with Crippen LogP contribution in [-0.2, 0) is 11.3 Å². The van der Waals surface area contributed by atoms with Gasteiger partial charge >= 0.3 is 0 Å². The lowest BCUT2D eigenvalue weighted by molar-refractivity contribution is -0.131. The maximum absolute atomic E-state index is 12.2. The number of hydrogen-bond acceptors (Lipinski definition) is 4. The van der Waals surface area contributed by atoms with E-state index in [9.17, 15) is 9.59 Å². The van der Waals surface area contributed by atoms with Gasteiger partial charge in [-0.25, -0.2) is 0 Å². The molecule has 0 bridgehead atoms. The fourth-order valence-electron chi connectivity index (χ4n) is 1.94. The van der Waals surface area contributed by atoms with Crippen LogP contribution in [0.2, 0.25) is 0 Å². The van der Waals surface area contributed by atoms with Gasteiger partial charge in [-0.2, -0.15) is 0 Å². The second-order valence-corrected chi connectivity index (χ2v) is 5.66. The van der Waals surface area contributed by atoms with Crippen molar-refractivity contribution < 1.29 is 14.0 Å². The van der Waals surface area contributed by atoms with E-state index < -0.39 is 0 Å². The van der Waals surface area contributed by atoms with E-state index in [0.717, 1.165) is 4.88 Å². The van der Waals surface area contributed by atoms with Crippen LogP contribution >= 0.6 is 11.3 Å². The number of hydrogen-bond donors (Lipinski definition) is 1. The molecule has 0 aliphatic rings. The van der Waals surface area contributed by atoms with Crippen LogP contribution < -0.4 is 5.32 Å². The fourth-order valence-corrected chi connectivity index (χ4v) is 2.66. The lowest BCUT2D eigenvalue weighted by atomic mass is 10.3. The zero-order valence-corrected chi connectivity index (χ0v) is 13.0. The van der Waals surface area contributed by atoms with E-state index in [0.29, 0.717) is 13.1 Å². The van der Waals surface area contributed by atoms with Crippen molar-refractivity contribution in [2.75, 3.05) is 13.1 Å². The van der Waals surface area contributed by atoms with E-state index >= 15 is 0 Å². The summed E-state index contributed by atoms with van der Waals surface area (Å²) in [4.78, 5) is 26.8. The lowest BCUT2D eigenvalue weighted by Gasteiger charge is -2.20. The quantitative estimate of drug-likeness (QED) is 0.761. The molecule has 0 fully saturated rings. The van der Waals surface area contributed by atoms with Gasteiger partial charge in [0.2, 0.25) is 5.91 Å². The first-order valence-corrected chi connectivity index (χ1v) is 7.81. The van der Waals surface area contributed by atoms with Crippen LogP contribution in [-0.4, -0.2) is 29.8 Å². The standard InChI is InChI=1S/C16H18N2O3S/c1-2-9-18(12-13-5-4-11-22-13)15(19)7-8-17-16(20)14-6-3-10-21-14/h2-6,10-11H,1,7-9,12H2,(H,17,20). The molecule has 0 atom stereocenters. The van der Waals surface area contributed by atoms with Crippen molar-refractivity contribution >= 4 is 23.2 Å². The molecule has 2 aromatic heterocycles. The number of thiophene rings is 1. The van der Waals surface area contributed by atoms with Crippen LogP contribution in [0.25, 0.3) is 0 Å². The van der Waals surface area contributed by atoms with Gasteiger partial charge < -0.3 is 14.6 Å². The molecule has 2 aromatic rings. The molecular weight excluding hydrogens is 300 g/mol. The highest BCUT2D eigenvalue weighted by molar-refractivity contribution is 7.09. The SMILES string of the molecule is C=CCN(Cc1cccs1)C(=O)CCNC(=O)c1ccco1. The minimum Gasteiger partial charge on any atom is -0.459 e. The maximum atomic E-state index is 12.2. The average Bonchev–Trinajstić information content (AvgIpc) is 3.20. The van der Waals surface area contributed by atoms with E-state index in [2.05, 4.69) is 11.9 Å². The van der Waals surface area contributed by atoms with Crippen molar-refractivity contribution in [3.63, 3.8) is 0 Å². The Hall–Kier alpha value is -2.34. The third kappa shape index (κ3) is 4.60. The van der Waals surface area contributed by atoms with Crippen molar-refractivity contribution in [3.8, 4) is 0 Å². The Morgan fingerprint density at radius 3 is 2.86 bits per heavy atom. The lowest BCUT2D eigenvalue weighted by Crippen LogP contribution is -2.34. The molecule has 5 nitrogen and oxygen atoms in total. The van der Waals surface area contributed by atoms with Gasteiger partial charge in [0.15, 0.2) is 5.76 Å². The third-order valence-electron chi connectivity index (χ3n) is 3.00. The molecule has 6 heteroatoms. The second-order valence-electron chi connectivity index (χ2n) is 4.63. The third-order valence-corrected chi connectivity index (χ3v) is 3.86. The summed E-state index contributed by atoms with van der Waals surface area (Å²) in [5.74, 6) is -0.0895. The summed E-state index contributed by atoms with van der Waals surface area (Å²) in [6.07, 6.45) is 3.38. The fraction of sp³-hybridized carbons (Fsp3) is 0.250. The number of rotatable bonds is 8. The largest absolute Gasteiger partial charge is 0.459 e. The predicted molar refractivity (Wildman–Crippen MR) is 85.6 cm³/mol. The Balaban J connectivity index is 1.80. The number of nitrogens with one attached hydrogen (secondary N) is 1. The van der Waals surface area contributed by atoms with Gasteiger partial charge in [0, 0.05) is 24.4 Å². The highest BCUT2D eigenvalue weighted by atomic mass is 32.1. The summed E-state index contributed by atoms with van der Waals surface area (Å²) >= 11 is 1.61. The van der Waals surface area contributed by atoms with E-state index in [4.69, 9.17) is 4.42 Å². The summed E-state index contributed by atoms with van der Waals surface area (Å²) in [7, 11) is 0. The Morgan fingerprint density at radius 2 is 2.23 bits per heavy atom. The molecule has 0 aliphatic carbocycles. The first-order valence-electron chi connectivity index (χ1n) is 6.93. The van der Waals surface area contributed by atoms with Crippen LogP contribution in [0.3, 0.4) is 0 Å². The van der Waals surface area contributed by atoms with Crippen molar-refractivity contribution in [1.82, 2.24) is 10.2 Å². The number of carbonyl (C=O) groups is 2. The second kappa shape index (κ2) is 8.19. The van der Waals surface area contributed by atoms with Crippen LogP contribution in [0.5, 0.6) is 0 Å². The van der Waals surface area contributed by atoms with Gasteiger partial charge in [0.1, 0.15) is 0 Å². The zero-order chi connectivity index (χ0) is 15.8. The summed E-state index contributed by atoms with van der Waals surface area (Å²) in [6, 6.07) is 7.18. The molecule has 0 unspecified atom stereocenters. The molecular formula is C16H18N2O3S. The first-order chi connectivity index (χ1) is 10.7. The van der Waals surface area contributed by atoms with Crippen LogP contribution in [0.15, 0.2) is 53.0 Å². The molecule has 2 heterocycles. The highest BCUT2D eigenvalue weighted by Gasteiger charge is 2.14. The number of amides is 2. The number of furan rings is 1. The predicted octanol–water partition coefficient (Wildman–Crippen LogP) is 2.68. The smallest absolute Gasteiger partial charge is 0.286 e. The number of carbonyl (C=O) groups excluding carboxylic acids is 2. The normalized spacial score (nSPS) is 10.2. The van der Waals surface area contributed by atoms with Gasteiger partial charge in [0.25, 0.3) is 5.91 Å². The molecule has 0 radical (unpaired) electrons. The van der Waals surface area contributed by atoms with Crippen molar-refractivity contribution in [2.24, 2.45) is 0 Å². The Morgan fingerprint density at radius 1 is 1.36 bits per heavy atom. The Bertz CT molecular complexity index is 605. The topological polar surface area (TPSA) is 62.6 Å². The van der Waals surface area contributed by atoms with Gasteiger partial charge in [0.05, 0.1) is 12.8 Å². The molecule has 0 saturated heterocycles. The van der Waals surface area contributed by atoms with Gasteiger partial charge in [-0.3, -0.25) is 9.59 Å². The van der Waals surface area contributed by atoms with Crippen LogP contribution in [0, 0.1) is 0 Å². The number of nitrogens with zero attached hydrogens (tertiary/aromatic N) is 1. The van der Waals surface area contributed by atoms with E-state index in [1.54, 1.807) is 34.4 Å². The monoisotopic (exact) mass is 318 g/mol. The highest BCUT2D eigenvalue weighted by Crippen LogP contribution is 2.12. The van der Waals surface area contributed by atoms with E-state index in [1.807, 2.05) is 17.5 Å². The molecule has 0 saturated carbocycles. The summed E-state index contributed by atoms with van der Waals surface area (Å²) in [5.41, 5.74) is 0. The molecule has 0 aliphatic heterocycles. The molecule has 0 aromatic carbocycles. The molecule has 1 N–H and O–H groups in total. The molecule has 2 amide bonds. The van der Waals surface area contributed by atoms with Crippen molar-refractivity contribution in [2.45, 2.75) is 13.0 Å². The van der Waals surface area contributed by atoms with Gasteiger partial charge in [-0.1, -0.05) is 12.1 Å². The van der Waals surface area contributed by atoms with Crippen LogP contribution in [0.1, 0.15) is 21.9 Å². The average molecular weight is 318 g/mol. The summed E-state index contributed by atoms with van der Waals surface area (Å²) < 4.78 is 4.99. The molecule has 2 rings (SSSR count).